The van der Waals surface area contributed by atoms with E-state index in [0.29, 0.717) is 18.8 Å². The number of nitrogens with zero attached hydrogens (tertiary/aromatic N) is 2. The van der Waals surface area contributed by atoms with Gasteiger partial charge in [0.1, 0.15) is 19.8 Å². The molecular formula is C41H72N2O7. The topological polar surface area (TPSA) is 94.6 Å². The summed E-state index contributed by atoms with van der Waals surface area (Å²) in [7, 11) is 2.12. The highest BCUT2D eigenvalue weighted by molar-refractivity contribution is 5.69. The molecule has 0 aromatic carbocycles. The van der Waals surface area contributed by atoms with Crippen LogP contribution in [0.2, 0.25) is 0 Å². The Morgan fingerprint density at radius 2 is 1.28 bits per heavy atom. The highest BCUT2D eigenvalue weighted by atomic mass is 16.7. The lowest BCUT2D eigenvalue weighted by atomic mass is 9.96. The number of piperazine rings is 1. The molecule has 50 heavy (non-hydrogen) atoms. The Morgan fingerprint density at radius 1 is 0.680 bits per heavy atom. The Kier molecular flexibility index (Phi) is 29.3. The fraction of sp³-hybridized carbons (Fsp3) is 0.780. The van der Waals surface area contributed by atoms with Crippen molar-refractivity contribution in [3.63, 3.8) is 0 Å². The van der Waals surface area contributed by atoms with E-state index in [4.69, 9.17) is 18.9 Å². The SMILES string of the molecule is C=CCC(CC)CCCC(=O)OCC(COC(=O)CCCCCCC/C=C\C/C=C\CCCCC)COC(=O)OCCCN1CCN(C)CC1. The van der Waals surface area contributed by atoms with E-state index < -0.39 is 12.1 Å². The van der Waals surface area contributed by atoms with Gasteiger partial charge in [0.25, 0.3) is 0 Å². The van der Waals surface area contributed by atoms with Gasteiger partial charge in [0.2, 0.25) is 0 Å². The first-order chi connectivity index (χ1) is 24.4. The Balaban J connectivity index is 2.32. The van der Waals surface area contributed by atoms with Gasteiger partial charge in [-0.05, 0) is 77.2 Å². The van der Waals surface area contributed by atoms with Gasteiger partial charge in [0.15, 0.2) is 0 Å². The molecule has 0 saturated carbocycles. The molecule has 2 atom stereocenters. The third-order valence-corrected chi connectivity index (χ3v) is 9.23. The molecule has 1 saturated heterocycles. The highest BCUT2D eigenvalue weighted by Crippen LogP contribution is 2.17. The van der Waals surface area contributed by atoms with Crippen LogP contribution in [0.4, 0.5) is 4.79 Å². The Bertz CT molecular complexity index is 930. The lowest BCUT2D eigenvalue weighted by Gasteiger charge is -2.32. The fourth-order valence-corrected chi connectivity index (χ4v) is 5.79. The summed E-state index contributed by atoms with van der Waals surface area (Å²) in [5, 5.41) is 0. The predicted octanol–water partition coefficient (Wildman–Crippen LogP) is 9.07. The van der Waals surface area contributed by atoms with Crippen molar-refractivity contribution < 1.29 is 33.3 Å². The van der Waals surface area contributed by atoms with E-state index in [1.807, 2.05) is 6.08 Å². The van der Waals surface area contributed by atoms with Crippen LogP contribution in [0, 0.1) is 11.8 Å². The number of unbranched alkanes of at least 4 members (excludes halogenated alkanes) is 8. The minimum atomic E-state index is -0.760. The van der Waals surface area contributed by atoms with Crippen LogP contribution in [-0.2, 0) is 28.5 Å². The maximum atomic E-state index is 12.5. The number of carbonyl (C=O) groups is 3. The van der Waals surface area contributed by atoms with Crippen molar-refractivity contribution in [3.8, 4) is 0 Å². The number of hydrogen-bond acceptors (Lipinski definition) is 9. The van der Waals surface area contributed by atoms with Crippen molar-refractivity contribution in [1.29, 1.82) is 0 Å². The Hall–Kier alpha value is -2.65. The van der Waals surface area contributed by atoms with Crippen molar-refractivity contribution in [2.75, 3.05) is 66.2 Å². The number of rotatable bonds is 31. The molecule has 0 radical (unpaired) electrons. The van der Waals surface area contributed by atoms with Gasteiger partial charge in [0, 0.05) is 45.6 Å². The van der Waals surface area contributed by atoms with Gasteiger partial charge < -0.3 is 28.7 Å². The molecule has 0 aromatic heterocycles. The largest absolute Gasteiger partial charge is 0.508 e. The molecule has 0 aromatic rings. The number of ether oxygens (including phenoxy) is 4. The molecule has 0 spiro atoms. The third-order valence-electron chi connectivity index (χ3n) is 9.23. The molecule has 0 N–H and O–H groups in total. The summed E-state index contributed by atoms with van der Waals surface area (Å²) in [6.45, 7) is 13.4. The van der Waals surface area contributed by atoms with Crippen LogP contribution < -0.4 is 0 Å². The van der Waals surface area contributed by atoms with E-state index in [1.165, 1.54) is 25.7 Å². The van der Waals surface area contributed by atoms with Crippen LogP contribution in [0.15, 0.2) is 37.0 Å². The second-order valence-electron chi connectivity index (χ2n) is 13.8. The first-order valence-corrected chi connectivity index (χ1v) is 19.8. The minimum Gasteiger partial charge on any atom is -0.465 e. The summed E-state index contributed by atoms with van der Waals surface area (Å²) < 4.78 is 21.6. The lowest BCUT2D eigenvalue weighted by Crippen LogP contribution is -2.44. The van der Waals surface area contributed by atoms with Gasteiger partial charge >= 0.3 is 18.1 Å². The molecule has 1 rings (SSSR count). The van der Waals surface area contributed by atoms with Crippen molar-refractivity contribution in [2.45, 2.75) is 129 Å². The summed E-state index contributed by atoms with van der Waals surface area (Å²) in [6.07, 6.45) is 27.6. The van der Waals surface area contributed by atoms with E-state index >= 15 is 0 Å². The van der Waals surface area contributed by atoms with Gasteiger partial charge in [-0.25, -0.2) is 4.79 Å². The number of hydrogen-bond donors (Lipinski definition) is 0. The second-order valence-corrected chi connectivity index (χ2v) is 13.8. The molecule has 1 heterocycles. The third kappa shape index (κ3) is 27.1. The average Bonchev–Trinajstić information content (AvgIpc) is 3.11. The van der Waals surface area contributed by atoms with Crippen LogP contribution in [0.25, 0.3) is 0 Å². The van der Waals surface area contributed by atoms with Crippen molar-refractivity contribution >= 4 is 18.1 Å². The van der Waals surface area contributed by atoms with E-state index in [9.17, 15) is 14.4 Å². The molecule has 9 nitrogen and oxygen atoms in total. The first kappa shape index (κ1) is 45.4. The molecule has 0 amide bonds. The highest BCUT2D eigenvalue weighted by Gasteiger charge is 2.19. The molecule has 2 unspecified atom stereocenters. The number of esters is 2. The van der Waals surface area contributed by atoms with Crippen LogP contribution >= 0.6 is 0 Å². The Morgan fingerprint density at radius 3 is 1.92 bits per heavy atom. The monoisotopic (exact) mass is 705 g/mol. The van der Waals surface area contributed by atoms with Crippen molar-refractivity contribution in [2.24, 2.45) is 11.8 Å². The second kappa shape index (κ2) is 32.3. The van der Waals surface area contributed by atoms with Crippen LogP contribution in [0.5, 0.6) is 0 Å². The van der Waals surface area contributed by atoms with Crippen LogP contribution in [-0.4, -0.2) is 94.1 Å². The number of allylic oxidation sites excluding steroid dienone is 5. The summed E-state index contributed by atoms with van der Waals surface area (Å²) in [6, 6.07) is 0. The maximum Gasteiger partial charge on any atom is 0.508 e. The molecular weight excluding hydrogens is 632 g/mol. The number of likely N-dealkylation sites (N-methyl/N-ethyl adjacent to an activating group) is 1. The zero-order valence-electron chi connectivity index (χ0n) is 32.1. The molecule has 0 bridgehead atoms. The zero-order valence-corrected chi connectivity index (χ0v) is 32.1. The summed E-state index contributed by atoms with van der Waals surface area (Å²) in [4.78, 5) is 41.9. The van der Waals surface area contributed by atoms with Gasteiger partial charge in [-0.3, -0.25) is 9.59 Å². The normalized spacial score (nSPS) is 15.3. The van der Waals surface area contributed by atoms with Crippen LogP contribution in [0.3, 0.4) is 0 Å². The Labute approximate surface area is 305 Å². The van der Waals surface area contributed by atoms with Gasteiger partial charge in [-0.2, -0.15) is 0 Å². The smallest absolute Gasteiger partial charge is 0.465 e. The first-order valence-electron chi connectivity index (χ1n) is 19.8. The fourth-order valence-electron chi connectivity index (χ4n) is 5.79. The predicted molar refractivity (Wildman–Crippen MR) is 203 cm³/mol. The van der Waals surface area contributed by atoms with E-state index in [-0.39, 0.29) is 38.4 Å². The molecule has 1 aliphatic rings. The van der Waals surface area contributed by atoms with E-state index in [2.05, 4.69) is 61.6 Å². The van der Waals surface area contributed by atoms with Gasteiger partial charge in [-0.1, -0.05) is 82.8 Å². The van der Waals surface area contributed by atoms with Crippen molar-refractivity contribution in [3.05, 3.63) is 37.0 Å². The molecule has 1 aliphatic heterocycles. The summed E-state index contributed by atoms with van der Waals surface area (Å²) >= 11 is 0. The quantitative estimate of drug-likeness (QED) is 0.0303. The van der Waals surface area contributed by atoms with Crippen molar-refractivity contribution in [1.82, 2.24) is 9.80 Å². The standard InChI is InChI=1S/C41H72N2O7/c1-5-8-9-10-11-12-13-14-15-16-17-18-19-20-21-26-39(44)48-34-38(35-49-40(45)27-22-25-37(7-3)24-6-2)36-50-41(46)47-33-23-28-43-31-29-42(4)30-32-43/h6,11-12,14-15,37-38H,2,5,7-10,13,16-36H2,1,3-4H3/b12-11-,15-14-. The zero-order chi connectivity index (χ0) is 36.5. The number of carbonyl (C=O) groups excluding carboxylic acids is 3. The lowest BCUT2D eigenvalue weighted by molar-refractivity contribution is -0.150. The summed E-state index contributed by atoms with van der Waals surface area (Å²) in [5.74, 6) is -0.528. The minimum absolute atomic E-state index is 0.0103. The average molecular weight is 705 g/mol. The maximum absolute atomic E-state index is 12.5. The molecule has 288 valence electrons. The summed E-state index contributed by atoms with van der Waals surface area (Å²) in [5.41, 5.74) is 0. The van der Waals surface area contributed by atoms with E-state index in [0.717, 1.165) is 110 Å². The van der Waals surface area contributed by atoms with Crippen LogP contribution in [0.1, 0.15) is 129 Å². The molecule has 1 fully saturated rings. The van der Waals surface area contributed by atoms with Gasteiger partial charge in [0.05, 0.1) is 12.5 Å². The molecule has 9 heteroatoms. The van der Waals surface area contributed by atoms with E-state index in [1.54, 1.807) is 0 Å². The van der Waals surface area contributed by atoms with Gasteiger partial charge in [-0.15, -0.1) is 6.58 Å². The molecule has 0 aliphatic carbocycles.